The normalized spacial score (nSPS) is 14.4. The molecule has 0 saturated carbocycles. The second-order valence-corrected chi connectivity index (χ2v) is 8.32. The van der Waals surface area contributed by atoms with Crippen LogP contribution >= 0.6 is 0 Å². The minimum absolute atomic E-state index is 0.116. The predicted molar refractivity (Wildman–Crippen MR) is 133 cm³/mol. The summed E-state index contributed by atoms with van der Waals surface area (Å²) in [5, 5.41) is 2.35. The first-order valence-corrected chi connectivity index (χ1v) is 11.2. The van der Waals surface area contributed by atoms with Crippen LogP contribution < -0.4 is 10.2 Å². The zero-order valence-corrected chi connectivity index (χ0v) is 19.0. The van der Waals surface area contributed by atoms with Gasteiger partial charge in [-0.2, -0.15) is 5.01 Å². The fourth-order valence-electron chi connectivity index (χ4n) is 4.06. The van der Waals surface area contributed by atoms with Crippen molar-refractivity contribution in [3.63, 3.8) is 0 Å². The van der Waals surface area contributed by atoms with Crippen molar-refractivity contribution in [3.05, 3.63) is 119 Å². The zero-order valence-electron chi connectivity index (χ0n) is 19.0. The molecule has 0 spiro atoms. The summed E-state index contributed by atoms with van der Waals surface area (Å²) in [7, 11) is 0. The molecule has 4 aromatic rings. The number of carbonyl (C=O) groups is 3. The lowest BCUT2D eigenvalue weighted by Gasteiger charge is -2.14. The molecule has 0 atom stereocenters. The first-order chi connectivity index (χ1) is 17.0. The van der Waals surface area contributed by atoms with E-state index in [9.17, 15) is 14.4 Å². The summed E-state index contributed by atoms with van der Waals surface area (Å²) < 4.78 is 5.88. The molecule has 6 heteroatoms. The molecule has 0 bridgehead atoms. The number of nitrogens with one attached hydrogen (secondary N) is 1. The lowest BCUT2D eigenvalue weighted by molar-refractivity contribution is -0.125. The molecule has 5 rings (SSSR count). The lowest BCUT2D eigenvalue weighted by Crippen LogP contribution is -2.41. The summed E-state index contributed by atoms with van der Waals surface area (Å²) in [4.78, 5) is 38.8. The SMILES string of the molecule is Cc1cccc(COc2cccc(/C=C3\C(=O)NN(C(=O)c4cccc5ccccc45)C3=O)c2)c1. The van der Waals surface area contributed by atoms with Crippen molar-refractivity contribution >= 4 is 34.6 Å². The molecule has 0 unspecified atom stereocenters. The van der Waals surface area contributed by atoms with Crippen molar-refractivity contribution in [1.82, 2.24) is 10.4 Å². The number of aryl methyl sites for hydroxylation is 1. The molecular weight excluding hydrogens is 440 g/mol. The highest BCUT2D eigenvalue weighted by Crippen LogP contribution is 2.24. The van der Waals surface area contributed by atoms with Gasteiger partial charge in [0.1, 0.15) is 17.9 Å². The molecule has 3 amide bonds. The number of carbonyl (C=O) groups excluding carboxylic acids is 3. The Kier molecular flexibility index (Phi) is 5.85. The Morgan fingerprint density at radius 3 is 2.54 bits per heavy atom. The summed E-state index contributed by atoms with van der Waals surface area (Å²) in [6, 6.07) is 27.8. The molecule has 1 heterocycles. The third-order valence-electron chi connectivity index (χ3n) is 5.77. The third-order valence-corrected chi connectivity index (χ3v) is 5.77. The molecule has 1 N–H and O–H groups in total. The third kappa shape index (κ3) is 4.54. The molecule has 35 heavy (non-hydrogen) atoms. The van der Waals surface area contributed by atoms with Crippen molar-refractivity contribution in [1.29, 1.82) is 0 Å². The minimum atomic E-state index is -0.695. The fourth-order valence-corrected chi connectivity index (χ4v) is 4.06. The number of nitrogens with zero attached hydrogens (tertiary/aromatic N) is 1. The molecule has 6 nitrogen and oxygen atoms in total. The maximum absolute atomic E-state index is 13.2. The monoisotopic (exact) mass is 462 g/mol. The van der Waals surface area contributed by atoms with Crippen LogP contribution in [-0.4, -0.2) is 22.7 Å². The molecule has 1 fully saturated rings. The van der Waals surface area contributed by atoms with Crippen molar-refractivity contribution < 1.29 is 19.1 Å². The van der Waals surface area contributed by atoms with E-state index in [2.05, 4.69) is 11.5 Å². The minimum Gasteiger partial charge on any atom is -0.489 e. The van der Waals surface area contributed by atoms with Crippen LogP contribution in [-0.2, 0) is 16.2 Å². The van der Waals surface area contributed by atoms with Gasteiger partial charge >= 0.3 is 0 Å². The zero-order chi connectivity index (χ0) is 24.4. The summed E-state index contributed by atoms with van der Waals surface area (Å²) in [6.07, 6.45) is 1.47. The molecule has 1 aliphatic rings. The van der Waals surface area contributed by atoms with E-state index in [1.54, 1.807) is 30.3 Å². The van der Waals surface area contributed by atoms with Crippen LogP contribution in [0.2, 0.25) is 0 Å². The van der Waals surface area contributed by atoms with E-state index in [1.807, 2.05) is 61.5 Å². The summed E-state index contributed by atoms with van der Waals surface area (Å²) >= 11 is 0. The average Bonchev–Trinajstić information content (AvgIpc) is 3.15. The second-order valence-electron chi connectivity index (χ2n) is 8.32. The highest BCUT2D eigenvalue weighted by Gasteiger charge is 2.38. The number of ether oxygens (including phenoxy) is 1. The Morgan fingerprint density at radius 1 is 0.914 bits per heavy atom. The number of fused-ring (bicyclic) bond motifs is 1. The Bertz CT molecular complexity index is 1500. The van der Waals surface area contributed by atoms with Crippen LogP contribution in [0.3, 0.4) is 0 Å². The van der Waals surface area contributed by atoms with Crippen molar-refractivity contribution in [2.24, 2.45) is 0 Å². The van der Waals surface area contributed by atoms with Gasteiger partial charge in [0.15, 0.2) is 0 Å². The van der Waals surface area contributed by atoms with E-state index in [4.69, 9.17) is 4.74 Å². The topological polar surface area (TPSA) is 75.7 Å². The molecule has 1 saturated heterocycles. The van der Waals surface area contributed by atoms with E-state index in [1.165, 1.54) is 6.08 Å². The van der Waals surface area contributed by atoms with Gasteiger partial charge in [-0.15, -0.1) is 0 Å². The number of imide groups is 1. The highest BCUT2D eigenvalue weighted by molar-refractivity contribution is 6.31. The van der Waals surface area contributed by atoms with Crippen LogP contribution in [0.4, 0.5) is 0 Å². The predicted octanol–water partition coefficient (Wildman–Crippen LogP) is 4.82. The molecule has 0 radical (unpaired) electrons. The van der Waals surface area contributed by atoms with E-state index < -0.39 is 17.7 Å². The average molecular weight is 463 g/mol. The van der Waals surface area contributed by atoms with Crippen molar-refractivity contribution in [2.45, 2.75) is 13.5 Å². The molecule has 4 aromatic carbocycles. The standard InChI is InChI=1S/C29H22N2O4/c1-19-7-4-9-21(15-19)18-35-23-12-5-8-20(16-23)17-26-27(32)30-31(29(26)34)28(33)25-14-6-11-22-10-2-3-13-24(22)25/h2-17H,18H2,1H3,(H,30,32)/b26-17+. The number of hydrogen-bond donors (Lipinski definition) is 1. The quantitative estimate of drug-likeness (QED) is 0.262. The van der Waals surface area contributed by atoms with Crippen LogP contribution in [0, 0.1) is 6.92 Å². The van der Waals surface area contributed by atoms with Crippen molar-refractivity contribution in [3.8, 4) is 5.75 Å². The molecule has 1 aliphatic heterocycles. The van der Waals surface area contributed by atoms with Gasteiger partial charge in [0.2, 0.25) is 0 Å². The smallest absolute Gasteiger partial charge is 0.285 e. The van der Waals surface area contributed by atoms with Gasteiger partial charge < -0.3 is 4.74 Å². The molecule has 0 aromatic heterocycles. The van der Waals surface area contributed by atoms with Crippen LogP contribution in [0.5, 0.6) is 5.75 Å². The van der Waals surface area contributed by atoms with Gasteiger partial charge in [-0.1, -0.05) is 78.4 Å². The van der Waals surface area contributed by atoms with E-state index in [-0.39, 0.29) is 5.57 Å². The Balaban J connectivity index is 1.36. The maximum atomic E-state index is 13.2. The molecular formula is C29H22N2O4. The van der Waals surface area contributed by atoms with Gasteiger partial charge in [-0.25, -0.2) is 0 Å². The van der Waals surface area contributed by atoms with E-state index in [0.717, 1.165) is 21.5 Å². The Morgan fingerprint density at radius 2 is 1.69 bits per heavy atom. The first kappa shape index (κ1) is 22.1. The summed E-state index contributed by atoms with van der Waals surface area (Å²) in [6.45, 7) is 2.42. The fraction of sp³-hybridized carbons (Fsp3) is 0.0690. The summed E-state index contributed by atoms with van der Waals surface area (Å²) in [5.41, 5.74) is 5.43. The second kappa shape index (κ2) is 9.27. The Hall–Kier alpha value is -4.71. The Labute approximate surface area is 202 Å². The lowest BCUT2D eigenvalue weighted by atomic mass is 10.0. The van der Waals surface area contributed by atoms with E-state index in [0.29, 0.717) is 28.9 Å². The largest absolute Gasteiger partial charge is 0.489 e. The summed E-state index contributed by atoms with van der Waals surface area (Å²) in [5.74, 6) is -1.30. The van der Waals surface area contributed by atoms with Gasteiger partial charge in [0, 0.05) is 5.56 Å². The number of hydrogen-bond acceptors (Lipinski definition) is 4. The molecule has 0 aliphatic carbocycles. The molecule has 172 valence electrons. The maximum Gasteiger partial charge on any atom is 0.285 e. The number of hydrazine groups is 1. The number of rotatable bonds is 5. The van der Waals surface area contributed by atoms with Gasteiger partial charge in [0.25, 0.3) is 17.7 Å². The van der Waals surface area contributed by atoms with E-state index >= 15 is 0 Å². The number of benzene rings is 4. The van der Waals surface area contributed by atoms with Crippen LogP contribution in [0.25, 0.3) is 16.8 Å². The first-order valence-electron chi connectivity index (χ1n) is 11.2. The number of amides is 3. The van der Waals surface area contributed by atoms with Gasteiger partial charge in [-0.05, 0) is 53.1 Å². The van der Waals surface area contributed by atoms with Crippen LogP contribution in [0.1, 0.15) is 27.0 Å². The highest BCUT2D eigenvalue weighted by atomic mass is 16.5. The van der Waals surface area contributed by atoms with Gasteiger partial charge in [0.05, 0.1) is 0 Å². The van der Waals surface area contributed by atoms with Gasteiger partial charge in [-0.3, -0.25) is 19.8 Å². The van der Waals surface area contributed by atoms with Crippen LogP contribution in [0.15, 0.2) is 96.6 Å². The van der Waals surface area contributed by atoms with Crippen molar-refractivity contribution in [2.75, 3.05) is 0 Å².